The zero-order valence-electron chi connectivity index (χ0n) is 11.1. The number of carbonyl (C=O) groups excluding carboxylic acids is 1. The van der Waals surface area contributed by atoms with Crippen molar-refractivity contribution in [3.8, 4) is 5.75 Å². The highest BCUT2D eigenvalue weighted by atomic mass is 16.5. The molecule has 0 aliphatic carbocycles. The van der Waals surface area contributed by atoms with E-state index < -0.39 is 5.97 Å². The molecular weight excluding hydrogens is 232 g/mol. The minimum atomic E-state index is -0.405. The van der Waals surface area contributed by atoms with Crippen molar-refractivity contribution >= 4 is 11.7 Å². The number of rotatable bonds is 6. The van der Waals surface area contributed by atoms with Gasteiger partial charge in [0.2, 0.25) is 0 Å². The summed E-state index contributed by atoms with van der Waals surface area (Å²) in [5.74, 6) is -0.0342. The van der Waals surface area contributed by atoms with Crippen molar-refractivity contribution in [1.82, 2.24) is 4.90 Å². The summed E-state index contributed by atoms with van der Waals surface area (Å²) in [7, 11) is 5.43. The first kappa shape index (κ1) is 14.3. The zero-order chi connectivity index (χ0) is 13.5. The third-order valence-corrected chi connectivity index (χ3v) is 2.45. The fourth-order valence-corrected chi connectivity index (χ4v) is 1.57. The Balaban J connectivity index is 2.59. The van der Waals surface area contributed by atoms with Gasteiger partial charge in [-0.1, -0.05) is 6.07 Å². The van der Waals surface area contributed by atoms with Crippen LogP contribution in [0.25, 0.3) is 0 Å². The lowest BCUT2D eigenvalue weighted by molar-refractivity contribution is 0.0490. The van der Waals surface area contributed by atoms with Crippen molar-refractivity contribution < 1.29 is 14.3 Å². The van der Waals surface area contributed by atoms with Crippen LogP contribution >= 0.6 is 0 Å². The van der Waals surface area contributed by atoms with E-state index in [0.29, 0.717) is 23.6 Å². The molecule has 0 amide bonds. The summed E-state index contributed by atoms with van der Waals surface area (Å²) >= 11 is 0. The quantitative estimate of drug-likeness (QED) is 0.471. The Labute approximate surface area is 107 Å². The SMILES string of the molecule is COc1c(N)cccc1C(=O)OCCCN(C)C. The second-order valence-electron chi connectivity index (χ2n) is 4.22. The Kier molecular flexibility index (Phi) is 5.45. The first-order valence-corrected chi connectivity index (χ1v) is 5.80. The van der Waals surface area contributed by atoms with Gasteiger partial charge in [0, 0.05) is 6.54 Å². The van der Waals surface area contributed by atoms with E-state index in [1.807, 2.05) is 19.0 Å². The van der Waals surface area contributed by atoms with Gasteiger partial charge in [-0.15, -0.1) is 0 Å². The number of methoxy groups -OCH3 is 1. The molecule has 18 heavy (non-hydrogen) atoms. The van der Waals surface area contributed by atoms with Crippen LogP contribution in [0, 0.1) is 0 Å². The summed E-state index contributed by atoms with van der Waals surface area (Å²) in [4.78, 5) is 13.9. The van der Waals surface area contributed by atoms with Crippen molar-refractivity contribution in [3.05, 3.63) is 23.8 Å². The molecule has 0 heterocycles. The molecular formula is C13H20N2O3. The van der Waals surface area contributed by atoms with Crippen molar-refractivity contribution in [2.24, 2.45) is 0 Å². The van der Waals surface area contributed by atoms with Crippen molar-refractivity contribution in [3.63, 3.8) is 0 Å². The summed E-state index contributed by atoms with van der Waals surface area (Å²) in [5, 5.41) is 0. The van der Waals surface area contributed by atoms with Gasteiger partial charge < -0.3 is 20.1 Å². The molecule has 1 rings (SSSR count). The minimum absolute atomic E-state index is 0.363. The third kappa shape index (κ3) is 3.92. The molecule has 100 valence electrons. The maximum Gasteiger partial charge on any atom is 0.342 e. The number of nitrogens with zero attached hydrogens (tertiary/aromatic N) is 1. The first-order valence-electron chi connectivity index (χ1n) is 5.80. The number of nitrogen functional groups attached to an aromatic ring is 1. The molecule has 2 N–H and O–H groups in total. The average Bonchev–Trinajstić information content (AvgIpc) is 2.33. The third-order valence-electron chi connectivity index (χ3n) is 2.45. The van der Waals surface area contributed by atoms with Crippen LogP contribution in [-0.2, 0) is 4.74 Å². The highest BCUT2D eigenvalue weighted by Gasteiger charge is 2.15. The lowest BCUT2D eigenvalue weighted by atomic mass is 10.2. The molecule has 0 unspecified atom stereocenters. The molecule has 0 aliphatic heterocycles. The van der Waals surface area contributed by atoms with E-state index in [9.17, 15) is 4.79 Å². The average molecular weight is 252 g/mol. The summed E-state index contributed by atoms with van der Waals surface area (Å²) in [6, 6.07) is 5.03. The molecule has 0 aliphatic rings. The van der Waals surface area contributed by atoms with E-state index in [4.69, 9.17) is 15.2 Å². The van der Waals surface area contributed by atoms with Gasteiger partial charge in [-0.25, -0.2) is 4.79 Å². The highest BCUT2D eigenvalue weighted by Crippen LogP contribution is 2.26. The number of ether oxygens (including phenoxy) is 2. The molecule has 0 aromatic heterocycles. The van der Waals surface area contributed by atoms with Gasteiger partial charge in [-0.3, -0.25) is 0 Å². The number of para-hydroxylation sites is 1. The maximum atomic E-state index is 11.8. The molecule has 0 radical (unpaired) electrons. The zero-order valence-corrected chi connectivity index (χ0v) is 11.1. The Bertz CT molecular complexity index is 405. The van der Waals surface area contributed by atoms with Crippen LogP contribution in [0.15, 0.2) is 18.2 Å². The van der Waals surface area contributed by atoms with Crippen LogP contribution in [0.2, 0.25) is 0 Å². The number of benzene rings is 1. The Morgan fingerprint density at radius 3 is 2.72 bits per heavy atom. The summed E-state index contributed by atoms with van der Waals surface area (Å²) in [5.41, 5.74) is 6.52. The van der Waals surface area contributed by atoms with E-state index >= 15 is 0 Å². The molecule has 0 atom stereocenters. The van der Waals surface area contributed by atoms with Gasteiger partial charge in [-0.05, 0) is 32.6 Å². The van der Waals surface area contributed by atoms with Crippen molar-refractivity contribution in [2.75, 3.05) is 40.1 Å². The van der Waals surface area contributed by atoms with Crippen LogP contribution < -0.4 is 10.5 Å². The number of esters is 1. The van der Waals surface area contributed by atoms with E-state index in [2.05, 4.69) is 0 Å². The van der Waals surface area contributed by atoms with Gasteiger partial charge in [-0.2, -0.15) is 0 Å². The lowest BCUT2D eigenvalue weighted by Crippen LogP contribution is -2.16. The highest BCUT2D eigenvalue weighted by molar-refractivity contribution is 5.94. The van der Waals surface area contributed by atoms with Gasteiger partial charge in [0.25, 0.3) is 0 Å². The van der Waals surface area contributed by atoms with Crippen molar-refractivity contribution in [1.29, 1.82) is 0 Å². The van der Waals surface area contributed by atoms with Crippen LogP contribution in [0.1, 0.15) is 16.8 Å². The van der Waals surface area contributed by atoms with E-state index in [1.165, 1.54) is 7.11 Å². The van der Waals surface area contributed by atoms with E-state index in [1.54, 1.807) is 18.2 Å². The molecule has 1 aromatic rings. The Morgan fingerprint density at radius 2 is 2.11 bits per heavy atom. The van der Waals surface area contributed by atoms with Gasteiger partial charge in [0.05, 0.1) is 19.4 Å². The molecule has 1 aromatic carbocycles. The first-order chi connectivity index (χ1) is 8.56. The molecule has 5 nitrogen and oxygen atoms in total. The van der Waals surface area contributed by atoms with Gasteiger partial charge >= 0.3 is 5.97 Å². The lowest BCUT2D eigenvalue weighted by Gasteiger charge is -2.12. The Morgan fingerprint density at radius 1 is 1.39 bits per heavy atom. The van der Waals surface area contributed by atoms with Crippen LogP contribution in [-0.4, -0.2) is 45.2 Å². The van der Waals surface area contributed by atoms with E-state index in [0.717, 1.165) is 13.0 Å². The fraction of sp³-hybridized carbons (Fsp3) is 0.462. The summed E-state index contributed by atoms with van der Waals surface area (Å²) in [6.45, 7) is 1.26. The molecule has 0 bridgehead atoms. The molecule has 5 heteroatoms. The number of nitrogens with two attached hydrogens (primary N) is 1. The normalized spacial score (nSPS) is 10.4. The summed E-state index contributed by atoms with van der Waals surface area (Å²) in [6.07, 6.45) is 0.795. The Hall–Kier alpha value is -1.75. The maximum absolute atomic E-state index is 11.8. The monoisotopic (exact) mass is 252 g/mol. The van der Waals surface area contributed by atoms with Crippen LogP contribution in [0.5, 0.6) is 5.75 Å². The fourth-order valence-electron chi connectivity index (χ4n) is 1.57. The summed E-state index contributed by atoms with van der Waals surface area (Å²) < 4.78 is 10.3. The smallest absolute Gasteiger partial charge is 0.342 e. The number of carbonyl (C=O) groups is 1. The van der Waals surface area contributed by atoms with Gasteiger partial charge in [0.15, 0.2) is 5.75 Å². The minimum Gasteiger partial charge on any atom is -0.494 e. The topological polar surface area (TPSA) is 64.8 Å². The molecule has 0 saturated carbocycles. The van der Waals surface area contributed by atoms with Crippen LogP contribution in [0.4, 0.5) is 5.69 Å². The van der Waals surface area contributed by atoms with Gasteiger partial charge in [0.1, 0.15) is 5.56 Å². The second-order valence-corrected chi connectivity index (χ2v) is 4.22. The molecule has 0 spiro atoms. The predicted octanol–water partition coefficient (Wildman–Crippen LogP) is 1.39. The van der Waals surface area contributed by atoms with Crippen molar-refractivity contribution in [2.45, 2.75) is 6.42 Å². The number of anilines is 1. The largest absolute Gasteiger partial charge is 0.494 e. The number of hydrogen-bond donors (Lipinski definition) is 1. The molecule has 0 fully saturated rings. The standard InChI is InChI=1S/C13H20N2O3/c1-15(2)8-5-9-18-13(16)10-6-4-7-11(14)12(10)17-3/h4,6-7H,5,8-9,14H2,1-3H3. The predicted molar refractivity (Wildman–Crippen MR) is 70.9 cm³/mol. The second kappa shape index (κ2) is 6.86. The van der Waals surface area contributed by atoms with E-state index in [-0.39, 0.29) is 0 Å². The molecule has 0 saturated heterocycles. The number of hydrogen-bond acceptors (Lipinski definition) is 5. The van der Waals surface area contributed by atoms with Crippen LogP contribution in [0.3, 0.4) is 0 Å².